The highest BCUT2D eigenvalue weighted by Gasteiger charge is 2.39. The van der Waals surface area contributed by atoms with Gasteiger partial charge in [0.1, 0.15) is 6.29 Å². The predicted molar refractivity (Wildman–Crippen MR) is 106 cm³/mol. The summed E-state index contributed by atoms with van der Waals surface area (Å²) in [6.07, 6.45) is -5.13. The summed E-state index contributed by atoms with van der Waals surface area (Å²) in [5.41, 5.74) is 2.95. The molecule has 30 heavy (non-hydrogen) atoms. The average molecular weight is 431 g/mol. The Morgan fingerprint density at radius 2 is 1.40 bits per heavy atom. The Morgan fingerprint density at radius 1 is 0.900 bits per heavy atom. The van der Waals surface area contributed by atoms with Gasteiger partial charge in [-0.2, -0.15) is 26.3 Å². The molecule has 0 radical (unpaired) electrons. The molecular formula is C22H23F6NO. The summed E-state index contributed by atoms with van der Waals surface area (Å²) >= 11 is 0. The van der Waals surface area contributed by atoms with Gasteiger partial charge in [-0.3, -0.25) is 4.79 Å². The summed E-state index contributed by atoms with van der Waals surface area (Å²) in [6, 6.07) is 11.4. The van der Waals surface area contributed by atoms with Crippen molar-refractivity contribution in [3.63, 3.8) is 0 Å². The molecule has 0 amide bonds. The number of benzene rings is 2. The van der Waals surface area contributed by atoms with Gasteiger partial charge in [0.2, 0.25) is 0 Å². The number of allylic oxidation sites excluding steroid dienone is 1. The molecule has 1 N–H and O–H groups in total. The summed E-state index contributed by atoms with van der Waals surface area (Å²) in [5, 5.41) is 1.98. The van der Waals surface area contributed by atoms with E-state index in [-0.39, 0.29) is 5.56 Å². The Labute approximate surface area is 171 Å². The number of hydrogen-bond acceptors (Lipinski definition) is 2. The van der Waals surface area contributed by atoms with Crippen LogP contribution in [0.15, 0.2) is 48.5 Å². The molecule has 0 aliphatic carbocycles. The molecule has 0 bridgehead atoms. The van der Waals surface area contributed by atoms with Gasteiger partial charge in [-0.1, -0.05) is 65.7 Å². The van der Waals surface area contributed by atoms with Crippen LogP contribution < -0.4 is 5.32 Å². The first-order valence-corrected chi connectivity index (χ1v) is 8.95. The fourth-order valence-corrected chi connectivity index (χ4v) is 2.69. The van der Waals surface area contributed by atoms with E-state index in [1.807, 2.05) is 11.4 Å². The van der Waals surface area contributed by atoms with Crippen LogP contribution >= 0.6 is 0 Å². The maximum atomic E-state index is 13.4. The van der Waals surface area contributed by atoms with E-state index in [1.165, 1.54) is 13.1 Å². The number of carbonyl (C=O) groups is 1. The summed E-state index contributed by atoms with van der Waals surface area (Å²) in [6.45, 7) is 2.66. The van der Waals surface area contributed by atoms with E-state index in [1.54, 1.807) is 50.2 Å². The number of nitrogens with one attached hydrogen (secondary N) is 1. The predicted octanol–water partition coefficient (Wildman–Crippen LogP) is 6.24. The second-order valence-corrected chi connectivity index (χ2v) is 6.73. The van der Waals surface area contributed by atoms with Gasteiger partial charge in [0.25, 0.3) is 0 Å². The lowest BCUT2D eigenvalue weighted by molar-refractivity contribution is -0.139. The molecule has 0 spiro atoms. The van der Waals surface area contributed by atoms with Gasteiger partial charge in [-0.15, -0.1) is 0 Å². The number of hydrogen-bond donors (Lipinski definition) is 1. The van der Waals surface area contributed by atoms with Gasteiger partial charge < -0.3 is 5.32 Å². The van der Waals surface area contributed by atoms with E-state index in [0.717, 1.165) is 17.2 Å². The molecule has 2 rings (SSSR count). The smallest absolute Gasteiger partial charge is 0.312 e. The third-order valence-electron chi connectivity index (χ3n) is 3.89. The van der Waals surface area contributed by atoms with Crippen molar-refractivity contribution in [3.8, 4) is 0 Å². The SMILES string of the molecule is CNCC(F)(F)F.Cc1cc(C)cc(C(/C=C/c2ccc(C=O)cc2)C(F)(F)F)c1. The minimum atomic E-state index is -4.36. The zero-order valence-electron chi connectivity index (χ0n) is 16.7. The first kappa shape index (κ1) is 25.4. The average Bonchev–Trinajstić information content (AvgIpc) is 2.60. The molecule has 1 atom stereocenters. The maximum Gasteiger partial charge on any atom is 0.401 e. The van der Waals surface area contributed by atoms with E-state index in [4.69, 9.17) is 0 Å². The van der Waals surface area contributed by atoms with Crippen LogP contribution in [0.5, 0.6) is 0 Å². The van der Waals surface area contributed by atoms with E-state index in [2.05, 4.69) is 0 Å². The summed E-state index contributed by atoms with van der Waals surface area (Å²) in [4.78, 5) is 10.6. The molecule has 0 saturated carbocycles. The zero-order chi connectivity index (χ0) is 22.9. The normalized spacial score (nSPS) is 13.0. The first-order chi connectivity index (χ1) is 13.9. The Morgan fingerprint density at radius 3 is 1.77 bits per heavy atom. The van der Waals surface area contributed by atoms with Crippen LogP contribution in [0.25, 0.3) is 6.08 Å². The van der Waals surface area contributed by atoms with Crippen LogP contribution in [0.1, 0.15) is 38.5 Å². The molecule has 8 heteroatoms. The molecule has 2 aromatic carbocycles. The number of rotatable bonds is 5. The number of aryl methyl sites for hydroxylation is 2. The fourth-order valence-electron chi connectivity index (χ4n) is 2.69. The number of alkyl halides is 6. The van der Waals surface area contributed by atoms with Crippen molar-refractivity contribution in [1.82, 2.24) is 5.32 Å². The monoisotopic (exact) mass is 431 g/mol. The second kappa shape index (κ2) is 11.0. The van der Waals surface area contributed by atoms with Crippen molar-refractivity contribution in [2.24, 2.45) is 0 Å². The van der Waals surface area contributed by atoms with E-state index < -0.39 is 24.8 Å². The van der Waals surface area contributed by atoms with Gasteiger partial charge in [-0.05, 0) is 32.0 Å². The van der Waals surface area contributed by atoms with Crippen molar-refractivity contribution in [2.75, 3.05) is 13.6 Å². The van der Waals surface area contributed by atoms with Crippen molar-refractivity contribution in [3.05, 3.63) is 76.4 Å². The molecule has 0 heterocycles. The van der Waals surface area contributed by atoms with E-state index >= 15 is 0 Å². The molecule has 0 aliphatic rings. The van der Waals surface area contributed by atoms with Crippen LogP contribution in [-0.2, 0) is 0 Å². The van der Waals surface area contributed by atoms with Gasteiger partial charge in [0.05, 0.1) is 12.5 Å². The highest BCUT2D eigenvalue weighted by atomic mass is 19.4. The van der Waals surface area contributed by atoms with Crippen LogP contribution in [0.3, 0.4) is 0 Å². The van der Waals surface area contributed by atoms with Gasteiger partial charge in [0, 0.05) is 5.56 Å². The summed E-state index contributed by atoms with van der Waals surface area (Å²) in [7, 11) is 1.26. The first-order valence-electron chi connectivity index (χ1n) is 8.95. The van der Waals surface area contributed by atoms with E-state index in [9.17, 15) is 31.1 Å². The largest absolute Gasteiger partial charge is 0.401 e. The molecule has 0 aromatic heterocycles. The standard InChI is InChI=1S/C19H17F3O.C3H6F3N/c1-13-9-14(2)11-17(10-13)18(19(20,21)22)8-7-15-3-5-16(12-23)6-4-15;1-7-2-3(4,5)6/h3-12,18H,1-2H3;7H,2H2,1H3/b8-7+;. The second-order valence-electron chi connectivity index (χ2n) is 6.73. The number of aldehydes is 1. The molecule has 2 nitrogen and oxygen atoms in total. The highest BCUT2D eigenvalue weighted by Crippen LogP contribution is 2.37. The third-order valence-corrected chi connectivity index (χ3v) is 3.89. The van der Waals surface area contributed by atoms with Gasteiger partial charge in [0.15, 0.2) is 0 Å². The molecule has 0 saturated heterocycles. The van der Waals surface area contributed by atoms with Crippen molar-refractivity contribution >= 4 is 12.4 Å². The zero-order valence-corrected chi connectivity index (χ0v) is 16.7. The van der Waals surface area contributed by atoms with E-state index in [0.29, 0.717) is 17.4 Å². The van der Waals surface area contributed by atoms with Crippen LogP contribution in [0.2, 0.25) is 0 Å². The van der Waals surface area contributed by atoms with Crippen LogP contribution in [0.4, 0.5) is 26.3 Å². The number of carbonyl (C=O) groups excluding carboxylic acids is 1. The highest BCUT2D eigenvalue weighted by molar-refractivity contribution is 5.75. The van der Waals surface area contributed by atoms with Crippen LogP contribution in [-0.4, -0.2) is 32.2 Å². The lowest BCUT2D eigenvalue weighted by Gasteiger charge is -2.18. The van der Waals surface area contributed by atoms with Gasteiger partial charge >= 0.3 is 12.4 Å². The Bertz CT molecular complexity index is 818. The fraction of sp³-hybridized carbons (Fsp3) is 0.318. The van der Waals surface area contributed by atoms with Crippen molar-refractivity contribution in [2.45, 2.75) is 32.1 Å². The van der Waals surface area contributed by atoms with Crippen LogP contribution in [0, 0.1) is 13.8 Å². The van der Waals surface area contributed by atoms with Gasteiger partial charge in [-0.25, -0.2) is 0 Å². The Kier molecular flexibility index (Phi) is 9.29. The quantitative estimate of drug-likeness (QED) is 0.448. The maximum absolute atomic E-state index is 13.4. The van der Waals surface area contributed by atoms with Crippen molar-refractivity contribution < 1.29 is 31.1 Å². The molecular weight excluding hydrogens is 408 g/mol. The molecule has 0 fully saturated rings. The Balaban J connectivity index is 0.000000553. The topological polar surface area (TPSA) is 29.1 Å². The lowest BCUT2D eigenvalue weighted by atomic mass is 9.94. The molecule has 2 aromatic rings. The molecule has 0 aliphatic heterocycles. The Hall–Kier alpha value is -2.61. The summed E-state index contributed by atoms with van der Waals surface area (Å²) in [5.74, 6) is -1.66. The lowest BCUT2D eigenvalue weighted by Crippen LogP contribution is -2.25. The third kappa shape index (κ3) is 9.26. The van der Waals surface area contributed by atoms with Crippen molar-refractivity contribution in [1.29, 1.82) is 0 Å². The minimum absolute atomic E-state index is 0.232. The summed E-state index contributed by atoms with van der Waals surface area (Å²) < 4.78 is 73.2. The minimum Gasteiger partial charge on any atom is -0.312 e. The molecule has 1 unspecified atom stereocenters. The number of halogens is 6. The molecule has 164 valence electrons.